The Morgan fingerprint density at radius 3 is 2.61 bits per heavy atom. The SMILES string of the molecule is CC(C)(C)C1=CC=C(S(=O)(=O)NC2=CC=C(C#N)C3=CC(c4cn[nH]c4)=CCN23)CC1. The number of aromatic nitrogens is 2. The molecule has 4 rings (SSSR count). The maximum absolute atomic E-state index is 13.1. The molecule has 0 saturated heterocycles. The van der Waals surface area contributed by atoms with Gasteiger partial charge in [-0.25, -0.2) is 8.42 Å². The fraction of sp³-hybridized carbons (Fsp3) is 0.304. The highest BCUT2D eigenvalue weighted by Gasteiger charge is 2.29. The highest BCUT2D eigenvalue weighted by molar-refractivity contribution is 7.93. The Balaban J connectivity index is 1.60. The summed E-state index contributed by atoms with van der Waals surface area (Å²) in [5, 5.41) is 16.3. The van der Waals surface area contributed by atoms with E-state index in [1.165, 1.54) is 5.57 Å². The molecule has 7 nitrogen and oxygen atoms in total. The average molecular weight is 436 g/mol. The molecule has 1 aromatic rings. The first-order chi connectivity index (χ1) is 14.7. The van der Waals surface area contributed by atoms with Crippen molar-refractivity contribution >= 4 is 15.6 Å². The van der Waals surface area contributed by atoms with E-state index >= 15 is 0 Å². The number of nitrogens with one attached hydrogen (secondary N) is 2. The van der Waals surface area contributed by atoms with Crippen LogP contribution in [0.3, 0.4) is 0 Å². The van der Waals surface area contributed by atoms with Crippen molar-refractivity contribution < 1.29 is 8.42 Å². The molecule has 3 aliphatic rings. The highest BCUT2D eigenvalue weighted by atomic mass is 32.2. The number of allylic oxidation sites excluding steroid dienone is 9. The average Bonchev–Trinajstić information content (AvgIpc) is 3.28. The Kier molecular flexibility index (Phi) is 5.23. The van der Waals surface area contributed by atoms with E-state index in [1.54, 1.807) is 35.5 Å². The van der Waals surface area contributed by atoms with Crippen molar-refractivity contribution in [2.45, 2.75) is 33.6 Å². The number of nitriles is 1. The third-order valence-electron chi connectivity index (χ3n) is 5.66. The molecule has 31 heavy (non-hydrogen) atoms. The van der Waals surface area contributed by atoms with E-state index < -0.39 is 10.0 Å². The standard InChI is InChI=1S/C23H25N5O2S/c1-23(2,3)19-5-7-20(8-6-19)31(29,30)27-22-9-4-17(13-24)21-12-16(10-11-28(21)22)18-14-25-26-15-18/h4-5,7,9-10,12,14-15,27H,6,8,11H2,1-3H3,(H,25,26). The van der Waals surface area contributed by atoms with Gasteiger partial charge in [0.1, 0.15) is 11.9 Å². The molecule has 0 spiro atoms. The number of fused-ring (bicyclic) bond motifs is 1. The van der Waals surface area contributed by atoms with Crippen molar-refractivity contribution in [1.29, 1.82) is 5.26 Å². The summed E-state index contributed by atoms with van der Waals surface area (Å²) >= 11 is 0. The van der Waals surface area contributed by atoms with Gasteiger partial charge in [0.25, 0.3) is 10.0 Å². The van der Waals surface area contributed by atoms with Crippen LogP contribution in [0, 0.1) is 16.7 Å². The molecule has 2 N–H and O–H groups in total. The molecule has 1 aromatic heterocycles. The molecule has 0 atom stereocenters. The lowest BCUT2D eigenvalue weighted by molar-refractivity contribution is 0.452. The zero-order valence-electron chi connectivity index (χ0n) is 17.8. The van der Waals surface area contributed by atoms with Gasteiger partial charge in [-0.1, -0.05) is 38.5 Å². The van der Waals surface area contributed by atoms with E-state index in [-0.39, 0.29) is 5.41 Å². The van der Waals surface area contributed by atoms with Crippen molar-refractivity contribution in [3.05, 3.63) is 82.0 Å². The van der Waals surface area contributed by atoms with Crippen LogP contribution in [0.4, 0.5) is 0 Å². The normalized spacial score (nSPS) is 19.1. The Hall–Kier alpha value is -3.31. The van der Waals surface area contributed by atoms with Gasteiger partial charge in [-0.3, -0.25) is 9.82 Å². The Bertz CT molecular complexity index is 1230. The minimum absolute atomic E-state index is 0.0239. The lowest BCUT2D eigenvalue weighted by Gasteiger charge is -2.34. The molecule has 0 radical (unpaired) electrons. The van der Waals surface area contributed by atoms with Crippen LogP contribution >= 0.6 is 0 Å². The van der Waals surface area contributed by atoms with Crippen LogP contribution in [0.15, 0.2) is 76.4 Å². The Morgan fingerprint density at radius 2 is 2.00 bits per heavy atom. The zero-order chi connectivity index (χ0) is 22.2. The fourth-order valence-electron chi connectivity index (χ4n) is 3.82. The predicted octanol–water partition coefficient (Wildman–Crippen LogP) is 3.87. The summed E-state index contributed by atoms with van der Waals surface area (Å²) in [5.41, 5.74) is 4.24. The smallest absolute Gasteiger partial charge is 0.259 e. The maximum Gasteiger partial charge on any atom is 0.259 e. The molecule has 0 fully saturated rings. The van der Waals surface area contributed by atoms with Gasteiger partial charge in [-0.15, -0.1) is 0 Å². The number of hydrogen-bond acceptors (Lipinski definition) is 5. The molecular formula is C23H25N5O2S. The van der Waals surface area contributed by atoms with Gasteiger partial charge < -0.3 is 4.90 Å². The van der Waals surface area contributed by atoms with Gasteiger partial charge >= 0.3 is 0 Å². The molecule has 1 aliphatic carbocycles. The summed E-state index contributed by atoms with van der Waals surface area (Å²) in [6.07, 6.45) is 15.5. The molecule has 8 heteroatoms. The zero-order valence-corrected chi connectivity index (χ0v) is 18.6. The third kappa shape index (κ3) is 4.14. The number of rotatable bonds is 4. The van der Waals surface area contributed by atoms with Crippen molar-refractivity contribution in [1.82, 2.24) is 19.8 Å². The van der Waals surface area contributed by atoms with Gasteiger partial charge in [0.2, 0.25) is 0 Å². The summed E-state index contributed by atoms with van der Waals surface area (Å²) in [7, 11) is -3.70. The topological polar surface area (TPSA) is 102 Å². The molecule has 0 saturated carbocycles. The Morgan fingerprint density at radius 1 is 1.19 bits per heavy atom. The highest BCUT2D eigenvalue weighted by Crippen LogP contribution is 2.35. The minimum Gasteiger partial charge on any atom is -0.322 e. The minimum atomic E-state index is -3.70. The first-order valence-electron chi connectivity index (χ1n) is 10.1. The van der Waals surface area contributed by atoms with Crippen LogP contribution in [-0.4, -0.2) is 30.1 Å². The largest absolute Gasteiger partial charge is 0.322 e. The first kappa shape index (κ1) is 20.9. The fourth-order valence-corrected chi connectivity index (χ4v) is 5.03. The summed E-state index contributed by atoms with van der Waals surface area (Å²) in [5.74, 6) is 0.430. The second kappa shape index (κ2) is 7.75. The number of H-pyrrole nitrogens is 1. The number of aromatic amines is 1. The van der Waals surface area contributed by atoms with E-state index in [4.69, 9.17) is 0 Å². The molecular weight excluding hydrogens is 410 g/mol. The molecule has 0 unspecified atom stereocenters. The second-order valence-corrected chi connectivity index (χ2v) is 10.4. The number of sulfonamides is 1. The van der Waals surface area contributed by atoms with Gasteiger partial charge in [0, 0.05) is 18.3 Å². The van der Waals surface area contributed by atoms with Crippen LogP contribution in [0.2, 0.25) is 0 Å². The van der Waals surface area contributed by atoms with Gasteiger partial charge in [0.05, 0.1) is 22.4 Å². The lowest BCUT2D eigenvalue weighted by Crippen LogP contribution is -2.38. The molecule has 160 valence electrons. The maximum atomic E-state index is 13.1. The molecule has 2 aliphatic heterocycles. The summed E-state index contributed by atoms with van der Waals surface area (Å²) in [6.45, 7) is 6.83. The molecule has 3 heterocycles. The van der Waals surface area contributed by atoms with E-state index in [0.29, 0.717) is 35.0 Å². The third-order valence-corrected chi connectivity index (χ3v) is 7.17. The van der Waals surface area contributed by atoms with Crippen molar-refractivity contribution in [2.75, 3.05) is 6.54 Å². The van der Waals surface area contributed by atoms with Crippen LogP contribution in [-0.2, 0) is 10.0 Å². The van der Waals surface area contributed by atoms with Crippen LogP contribution in [0.25, 0.3) is 5.57 Å². The van der Waals surface area contributed by atoms with E-state index in [2.05, 4.69) is 41.8 Å². The van der Waals surface area contributed by atoms with E-state index in [0.717, 1.165) is 17.6 Å². The monoisotopic (exact) mass is 435 g/mol. The van der Waals surface area contributed by atoms with Crippen molar-refractivity contribution in [3.63, 3.8) is 0 Å². The van der Waals surface area contributed by atoms with E-state index in [9.17, 15) is 13.7 Å². The number of nitrogens with zero attached hydrogens (tertiary/aromatic N) is 3. The first-order valence-corrected chi connectivity index (χ1v) is 11.6. The molecule has 0 bridgehead atoms. The Labute approximate surface area is 182 Å². The van der Waals surface area contributed by atoms with Crippen molar-refractivity contribution in [2.24, 2.45) is 5.41 Å². The lowest BCUT2D eigenvalue weighted by atomic mass is 9.82. The van der Waals surface area contributed by atoms with Crippen molar-refractivity contribution in [3.8, 4) is 6.07 Å². The van der Waals surface area contributed by atoms with Crippen LogP contribution in [0.1, 0.15) is 39.2 Å². The van der Waals surface area contributed by atoms with Crippen LogP contribution < -0.4 is 4.72 Å². The predicted molar refractivity (Wildman–Crippen MR) is 120 cm³/mol. The molecule has 0 amide bonds. The quantitative estimate of drug-likeness (QED) is 0.748. The summed E-state index contributed by atoms with van der Waals surface area (Å²) in [6, 6.07) is 2.19. The van der Waals surface area contributed by atoms with Gasteiger partial charge in [0.15, 0.2) is 0 Å². The summed E-state index contributed by atoms with van der Waals surface area (Å²) < 4.78 is 28.9. The van der Waals surface area contributed by atoms with Crippen LogP contribution in [0.5, 0.6) is 0 Å². The second-order valence-electron chi connectivity index (χ2n) is 8.71. The number of hydrogen-bond donors (Lipinski definition) is 2. The van der Waals surface area contributed by atoms with Gasteiger partial charge in [-0.05, 0) is 48.1 Å². The molecule has 0 aromatic carbocycles. The van der Waals surface area contributed by atoms with E-state index in [1.807, 2.05) is 18.2 Å². The summed E-state index contributed by atoms with van der Waals surface area (Å²) in [4.78, 5) is 2.17. The van der Waals surface area contributed by atoms with Gasteiger partial charge in [-0.2, -0.15) is 10.4 Å².